The number of hydrogen-bond donors (Lipinski definition) is 1. The number of fused-ring (bicyclic) bond motifs is 1. The Morgan fingerprint density at radius 1 is 1.04 bits per heavy atom. The van der Waals surface area contributed by atoms with Gasteiger partial charge in [-0.05, 0) is 29.8 Å². The normalized spacial score (nSPS) is 10.4. The number of rotatable bonds is 5. The van der Waals surface area contributed by atoms with Crippen LogP contribution in [-0.4, -0.2) is 25.1 Å². The fourth-order valence-electron chi connectivity index (χ4n) is 2.44. The zero-order valence-corrected chi connectivity index (χ0v) is 13.6. The molecule has 0 aliphatic heterocycles. The molecule has 0 bridgehead atoms. The van der Waals surface area contributed by atoms with Crippen LogP contribution in [0.3, 0.4) is 0 Å². The van der Waals surface area contributed by atoms with Crippen LogP contribution < -0.4 is 14.8 Å². The number of carbonyl (C=O) groups excluding carboxylic acids is 1. The minimum Gasteiger partial charge on any atom is -0.497 e. The van der Waals surface area contributed by atoms with Gasteiger partial charge in [0, 0.05) is 29.8 Å². The first kappa shape index (κ1) is 15.8. The van der Waals surface area contributed by atoms with Crippen molar-refractivity contribution in [3.05, 3.63) is 65.9 Å². The van der Waals surface area contributed by atoms with Crippen LogP contribution in [0.2, 0.25) is 0 Å². The second-order valence-electron chi connectivity index (χ2n) is 5.32. The standard InChI is InChI=1S/C19H18N2O3/c1-23-16-8-15(9-17(10-16)24-2)19(22)21-12-13-7-14-5-3-4-6-18(14)20-11-13/h3-11H,12H2,1-2H3,(H,21,22). The SMILES string of the molecule is COc1cc(OC)cc(C(=O)NCc2cnc3ccccc3c2)c1. The number of benzene rings is 2. The lowest BCUT2D eigenvalue weighted by Gasteiger charge is -2.09. The van der Waals surface area contributed by atoms with Gasteiger partial charge in [-0.25, -0.2) is 0 Å². The molecule has 0 spiro atoms. The van der Waals surface area contributed by atoms with E-state index >= 15 is 0 Å². The van der Waals surface area contributed by atoms with E-state index in [0.717, 1.165) is 16.5 Å². The van der Waals surface area contributed by atoms with Crippen molar-refractivity contribution in [1.29, 1.82) is 0 Å². The highest BCUT2D eigenvalue weighted by molar-refractivity contribution is 5.95. The summed E-state index contributed by atoms with van der Waals surface area (Å²) in [7, 11) is 3.11. The van der Waals surface area contributed by atoms with Gasteiger partial charge >= 0.3 is 0 Å². The number of amides is 1. The second kappa shape index (κ2) is 7.00. The summed E-state index contributed by atoms with van der Waals surface area (Å²) >= 11 is 0. The Balaban J connectivity index is 1.74. The van der Waals surface area contributed by atoms with Gasteiger partial charge in [-0.2, -0.15) is 0 Å². The topological polar surface area (TPSA) is 60.5 Å². The third-order valence-electron chi connectivity index (χ3n) is 3.71. The van der Waals surface area contributed by atoms with Crippen molar-refractivity contribution in [2.45, 2.75) is 6.54 Å². The highest BCUT2D eigenvalue weighted by Gasteiger charge is 2.10. The van der Waals surface area contributed by atoms with Crippen molar-refractivity contribution in [2.75, 3.05) is 14.2 Å². The molecule has 0 saturated carbocycles. The van der Waals surface area contributed by atoms with Crippen molar-refractivity contribution in [1.82, 2.24) is 10.3 Å². The number of carbonyl (C=O) groups is 1. The van der Waals surface area contributed by atoms with E-state index in [-0.39, 0.29) is 5.91 Å². The summed E-state index contributed by atoms with van der Waals surface area (Å²) in [5, 5.41) is 3.94. The summed E-state index contributed by atoms with van der Waals surface area (Å²) in [4.78, 5) is 16.8. The van der Waals surface area contributed by atoms with Crippen LogP contribution in [0.15, 0.2) is 54.7 Å². The Labute approximate surface area is 140 Å². The van der Waals surface area contributed by atoms with Gasteiger partial charge in [0.1, 0.15) is 11.5 Å². The minimum absolute atomic E-state index is 0.194. The van der Waals surface area contributed by atoms with Crippen molar-refractivity contribution in [2.24, 2.45) is 0 Å². The van der Waals surface area contributed by atoms with Crippen LogP contribution in [0, 0.1) is 0 Å². The van der Waals surface area contributed by atoms with E-state index in [0.29, 0.717) is 23.6 Å². The van der Waals surface area contributed by atoms with E-state index in [1.54, 1.807) is 38.6 Å². The molecule has 5 heteroatoms. The molecule has 1 aromatic heterocycles. The number of pyridine rings is 1. The summed E-state index contributed by atoms with van der Waals surface area (Å²) in [5.74, 6) is 0.958. The van der Waals surface area contributed by atoms with E-state index in [1.807, 2.05) is 30.3 Å². The number of nitrogens with zero attached hydrogens (tertiary/aromatic N) is 1. The average molecular weight is 322 g/mol. The number of hydrogen-bond acceptors (Lipinski definition) is 4. The van der Waals surface area contributed by atoms with Crippen LogP contribution in [0.25, 0.3) is 10.9 Å². The summed E-state index contributed by atoms with van der Waals surface area (Å²) in [6, 6.07) is 15.0. The number of para-hydroxylation sites is 1. The van der Waals surface area contributed by atoms with E-state index in [1.165, 1.54) is 0 Å². The smallest absolute Gasteiger partial charge is 0.251 e. The van der Waals surface area contributed by atoms with E-state index in [2.05, 4.69) is 10.3 Å². The molecule has 2 aromatic carbocycles. The first-order chi connectivity index (χ1) is 11.7. The quantitative estimate of drug-likeness (QED) is 0.784. The Hall–Kier alpha value is -3.08. The fourth-order valence-corrected chi connectivity index (χ4v) is 2.44. The van der Waals surface area contributed by atoms with Crippen molar-refractivity contribution in [3.63, 3.8) is 0 Å². The predicted octanol–water partition coefficient (Wildman–Crippen LogP) is 3.18. The number of nitrogens with one attached hydrogen (secondary N) is 1. The van der Waals surface area contributed by atoms with Gasteiger partial charge in [0.15, 0.2) is 0 Å². The van der Waals surface area contributed by atoms with Crippen LogP contribution in [0.1, 0.15) is 15.9 Å². The zero-order valence-electron chi connectivity index (χ0n) is 13.6. The Kier molecular flexibility index (Phi) is 4.61. The van der Waals surface area contributed by atoms with Gasteiger partial charge in [0.05, 0.1) is 19.7 Å². The lowest BCUT2D eigenvalue weighted by molar-refractivity contribution is 0.0950. The number of methoxy groups -OCH3 is 2. The van der Waals surface area contributed by atoms with Crippen LogP contribution in [0.5, 0.6) is 11.5 Å². The average Bonchev–Trinajstić information content (AvgIpc) is 2.65. The second-order valence-corrected chi connectivity index (χ2v) is 5.32. The van der Waals surface area contributed by atoms with Crippen molar-refractivity contribution >= 4 is 16.8 Å². The lowest BCUT2D eigenvalue weighted by atomic mass is 10.1. The maximum atomic E-state index is 12.4. The Morgan fingerprint density at radius 2 is 1.75 bits per heavy atom. The molecule has 3 aromatic rings. The Bertz CT molecular complexity index is 855. The fraction of sp³-hybridized carbons (Fsp3) is 0.158. The van der Waals surface area contributed by atoms with E-state index in [4.69, 9.17) is 9.47 Å². The summed E-state index contributed by atoms with van der Waals surface area (Å²) in [5.41, 5.74) is 2.36. The molecule has 3 rings (SSSR count). The Morgan fingerprint density at radius 3 is 2.46 bits per heavy atom. The molecule has 1 heterocycles. The van der Waals surface area contributed by atoms with Crippen molar-refractivity contribution < 1.29 is 14.3 Å². The first-order valence-electron chi connectivity index (χ1n) is 7.54. The summed E-state index contributed by atoms with van der Waals surface area (Å²) in [6.45, 7) is 0.399. The van der Waals surface area contributed by atoms with E-state index in [9.17, 15) is 4.79 Å². The molecule has 0 saturated heterocycles. The highest BCUT2D eigenvalue weighted by atomic mass is 16.5. The first-order valence-corrected chi connectivity index (χ1v) is 7.54. The third-order valence-corrected chi connectivity index (χ3v) is 3.71. The molecule has 0 atom stereocenters. The molecular weight excluding hydrogens is 304 g/mol. The summed E-state index contributed by atoms with van der Waals surface area (Å²) in [6.07, 6.45) is 1.77. The molecule has 122 valence electrons. The van der Waals surface area contributed by atoms with Crippen LogP contribution in [0.4, 0.5) is 0 Å². The molecule has 0 aliphatic rings. The summed E-state index contributed by atoms with van der Waals surface area (Å²) < 4.78 is 10.4. The number of ether oxygens (including phenoxy) is 2. The zero-order chi connectivity index (χ0) is 16.9. The largest absolute Gasteiger partial charge is 0.497 e. The third kappa shape index (κ3) is 3.46. The molecule has 1 N–H and O–H groups in total. The molecule has 0 aliphatic carbocycles. The molecule has 0 radical (unpaired) electrons. The molecular formula is C19H18N2O3. The van der Waals surface area contributed by atoms with Gasteiger partial charge in [-0.15, -0.1) is 0 Å². The molecule has 24 heavy (non-hydrogen) atoms. The van der Waals surface area contributed by atoms with Gasteiger partial charge in [0.2, 0.25) is 0 Å². The lowest BCUT2D eigenvalue weighted by Crippen LogP contribution is -2.23. The van der Waals surface area contributed by atoms with Crippen molar-refractivity contribution in [3.8, 4) is 11.5 Å². The predicted molar refractivity (Wildman–Crippen MR) is 92.5 cm³/mol. The number of aromatic nitrogens is 1. The highest BCUT2D eigenvalue weighted by Crippen LogP contribution is 2.22. The van der Waals surface area contributed by atoms with Gasteiger partial charge in [-0.1, -0.05) is 18.2 Å². The maximum Gasteiger partial charge on any atom is 0.251 e. The van der Waals surface area contributed by atoms with Gasteiger partial charge in [0.25, 0.3) is 5.91 Å². The van der Waals surface area contributed by atoms with Crippen LogP contribution >= 0.6 is 0 Å². The molecule has 1 amide bonds. The van der Waals surface area contributed by atoms with Gasteiger partial charge in [-0.3, -0.25) is 9.78 Å². The monoisotopic (exact) mass is 322 g/mol. The minimum atomic E-state index is -0.194. The van der Waals surface area contributed by atoms with Crippen LogP contribution in [-0.2, 0) is 6.54 Å². The van der Waals surface area contributed by atoms with Gasteiger partial charge < -0.3 is 14.8 Å². The molecule has 0 unspecified atom stereocenters. The molecule has 0 fully saturated rings. The van der Waals surface area contributed by atoms with E-state index < -0.39 is 0 Å². The maximum absolute atomic E-state index is 12.4. The molecule has 5 nitrogen and oxygen atoms in total.